The third-order valence-corrected chi connectivity index (χ3v) is 4.03. The molecular formula is C20H21NO3S. The Bertz CT molecular complexity index is 771. The summed E-state index contributed by atoms with van der Waals surface area (Å²) in [6.07, 6.45) is 6.89. The highest BCUT2D eigenvalue weighted by atomic mass is 32.2. The quantitative estimate of drug-likeness (QED) is 0.426. The van der Waals surface area contributed by atoms with Crippen LogP contribution in [0.15, 0.2) is 66.1 Å². The lowest BCUT2D eigenvalue weighted by molar-refractivity contribution is -0.111. The number of hydrogen-bond donors (Lipinski definition) is 1. The van der Waals surface area contributed by atoms with Gasteiger partial charge in [0.15, 0.2) is 11.5 Å². The van der Waals surface area contributed by atoms with Crippen LogP contribution in [0.3, 0.4) is 0 Å². The van der Waals surface area contributed by atoms with E-state index in [9.17, 15) is 4.79 Å². The van der Waals surface area contributed by atoms with E-state index in [0.717, 1.165) is 16.1 Å². The zero-order valence-corrected chi connectivity index (χ0v) is 15.1. The lowest BCUT2D eigenvalue weighted by Gasteiger charge is -2.09. The van der Waals surface area contributed by atoms with E-state index in [1.165, 1.54) is 6.08 Å². The molecule has 1 amide bonds. The van der Waals surface area contributed by atoms with Crippen LogP contribution >= 0.6 is 11.8 Å². The molecule has 2 aromatic carbocycles. The zero-order valence-electron chi connectivity index (χ0n) is 14.3. The molecule has 0 heterocycles. The second kappa shape index (κ2) is 9.59. The van der Waals surface area contributed by atoms with E-state index in [2.05, 4.69) is 11.9 Å². The smallest absolute Gasteiger partial charge is 0.248 e. The fraction of sp³-hybridized carbons (Fsp3) is 0.150. The van der Waals surface area contributed by atoms with Crippen LogP contribution in [0.2, 0.25) is 0 Å². The molecule has 0 spiro atoms. The number of carbonyl (C=O) groups excluding carboxylic acids is 1. The summed E-state index contributed by atoms with van der Waals surface area (Å²) >= 11 is 1.63. The van der Waals surface area contributed by atoms with Crippen molar-refractivity contribution in [2.24, 2.45) is 0 Å². The molecule has 0 aromatic heterocycles. The Morgan fingerprint density at radius 2 is 2.08 bits per heavy atom. The van der Waals surface area contributed by atoms with Gasteiger partial charge in [-0.15, -0.1) is 11.8 Å². The molecule has 0 saturated heterocycles. The first-order chi connectivity index (χ1) is 12.2. The average Bonchev–Trinajstić information content (AvgIpc) is 2.65. The van der Waals surface area contributed by atoms with Crippen molar-refractivity contribution in [1.82, 2.24) is 0 Å². The lowest BCUT2D eigenvalue weighted by Crippen LogP contribution is -2.07. The molecule has 2 rings (SSSR count). The van der Waals surface area contributed by atoms with E-state index in [1.807, 2.05) is 48.7 Å². The number of amides is 1. The van der Waals surface area contributed by atoms with Crippen molar-refractivity contribution in [1.29, 1.82) is 0 Å². The highest BCUT2D eigenvalue weighted by Gasteiger charge is 2.05. The molecule has 0 unspecified atom stereocenters. The van der Waals surface area contributed by atoms with Gasteiger partial charge in [0.1, 0.15) is 6.61 Å². The fourth-order valence-electron chi connectivity index (χ4n) is 2.11. The Morgan fingerprint density at radius 1 is 1.24 bits per heavy atom. The number of rotatable bonds is 8. The number of benzene rings is 2. The van der Waals surface area contributed by atoms with Gasteiger partial charge in [-0.05, 0) is 48.2 Å². The summed E-state index contributed by atoms with van der Waals surface area (Å²) in [6.45, 7) is 4.03. The molecule has 0 fully saturated rings. The largest absolute Gasteiger partial charge is 0.493 e. The first kappa shape index (κ1) is 18.7. The molecule has 25 heavy (non-hydrogen) atoms. The van der Waals surface area contributed by atoms with Crippen LogP contribution in [-0.2, 0) is 4.79 Å². The van der Waals surface area contributed by atoms with Gasteiger partial charge in [0.05, 0.1) is 7.11 Å². The van der Waals surface area contributed by atoms with Crippen molar-refractivity contribution in [3.63, 3.8) is 0 Å². The topological polar surface area (TPSA) is 47.6 Å². The van der Waals surface area contributed by atoms with Crippen molar-refractivity contribution in [3.8, 4) is 11.5 Å². The number of carbonyl (C=O) groups is 1. The summed E-state index contributed by atoms with van der Waals surface area (Å²) in [5.41, 5.74) is 1.61. The first-order valence-electron chi connectivity index (χ1n) is 7.71. The minimum absolute atomic E-state index is 0.191. The van der Waals surface area contributed by atoms with E-state index in [-0.39, 0.29) is 5.91 Å². The normalized spacial score (nSPS) is 10.5. The maximum absolute atomic E-state index is 12.1. The van der Waals surface area contributed by atoms with Gasteiger partial charge in [-0.2, -0.15) is 0 Å². The van der Waals surface area contributed by atoms with E-state index >= 15 is 0 Å². The van der Waals surface area contributed by atoms with Crippen LogP contribution in [0.5, 0.6) is 11.5 Å². The van der Waals surface area contributed by atoms with Gasteiger partial charge < -0.3 is 14.8 Å². The third kappa shape index (κ3) is 5.72. The minimum atomic E-state index is -0.191. The molecule has 0 saturated carbocycles. The lowest BCUT2D eigenvalue weighted by atomic mass is 10.2. The number of nitrogens with one attached hydrogen (secondary N) is 1. The predicted octanol–water partition coefficient (Wildman–Crippen LogP) is 4.63. The van der Waals surface area contributed by atoms with E-state index in [4.69, 9.17) is 9.47 Å². The first-order valence-corrected chi connectivity index (χ1v) is 8.93. The van der Waals surface area contributed by atoms with Crippen LogP contribution < -0.4 is 14.8 Å². The maximum atomic E-state index is 12.1. The molecule has 5 heteroatoms. The van der Waals surface area contributed by atoms with Gasteiger partial charge in [-0.25, -0.2) is 0 Å². The average molecular weight is 355 g/mol. The third-order valence-electron chi connectivity index (χ3n) is 3.31. The number of hydrogen-bond acceptors (Lipinski definition) is 4. The summed E-state index contributed by atoms with van der Waals surface area (Å²) in [4.78, 5) is 13.2. The Labute approximate surface area is 152 Å². The summed E-state index contributed by atoms with van der Waals surface area (Å²) in [5.74, 6) is 1.05. The summed E-state index contributed by atoms with van der Waals surface area (Å²) in [7, 11) is 1.58. The number of ether oxygens (including phenoxy) is 2. The van der Waals surface area contributed by atoms with Gasteiger partial charge in [0.25, 0.3) is 0 Å². The SMILES string of the molecule is C=CCOc1ccc(/C=C/C(=O)Nc2cccc(SC)c2)cc1OC. The minimum Gasteiger partial charge on any atom is -0.493 e. The molecular weight excluding hydrogens is 334 g/mol. The Morgan fingerprint density at radius 3 is 2.80 bits per heavy atom. The molecule has 0 radical (unpaired) electrons. The maximum Gasteiger partial charge on any atom is 0.248 e. The Kier molecular flexibility index (Phi) is 7.16. The monoisotopic (exact) mass is 355 g/mol. The highest BCUT2D eigenvalue weighted by Crippen LogP contribution is 2.28. The molecule has 0 atom stereocenters. The van der Waals surface area contributed by atoms with Crippen LogP contribution in [-0.4, -0.2) is 25.9 Å². The standard InChI is InChI=1S/C20H21NO3S/c1-4-12-24-18-10-8-15(13-19(18)23-2)9-11-20(22)21-16-6-5-7-17(14-16)25-3/h4-11,13-14H,1,12H2,2-3H3,(H,21,22)/b11-9+. The second-order valence-electron chi connectivity index (χ2n) is 5.06. The second-order valence-corrected chi connectivity index (χ2v) is 5.94. The predicted molar refractivity (Wildman–Crippen MR) is 105 cm³/mol. The van der Waals surface area contributed by atoms with E-state index < -0.39 is 0 Å². The molecule has 130 valence electrons. The van der Waals surface area contributed by atoms with Gasteiger partial charge in [-0.1, -0.05) is 24.8 Å². The summed E-state index contributed by atoms with van der Waals surface area (Å²) in [6, 6.07) is 13.2. The number of thioether (sulfide) groups is 1. The van der Waals surface area contributed by atoms with E-state index in [1.54, 1.807) is 31.0 Å². The van der Waals surface area contributed by atoms with Crippen LogP contribution in [0, 0.1) is 0 Å². The molecule has 0 aliphatic rings. The molecule has 0 aliphatic carbocycles. The molecule has 1 N–H and O–H groups in total. The van der Waals surface area contributed by atoms with Crippen LogP contribution in [0.25, 0.3) is 6.08 Å². The zero-order chi connectivity index (χ0) is 18.1. The molecule has 0 bridgehead atoms. The van der Waals surface area contributed by atoms with Crippen LogP contribution in [0.4, 0.5) is 5.69 Å². The van der Waals surface area contributed by atoms with Crippen molar-refractivity contribution in [2.45, 2.75) is 4.90 Å². The Hall–Kier alpha value is -2.66. The van der Waals surface area contributed by atoms with Crippen molar-refractivity contribution < 1.29 is 14.3 Å². The summed E-state index contributed by atoms with van der Waals surface area (Å²) in [5, 5.41) is 2.85. The van der Waals surface area contributed by atoms with E-state index in [0.29, 0.717) is 18.1 Å². The summed E-state index contributed by atoms with van der Waals surface area (Å²) < 4.78 is 10.8. The molecule has 2 aromatic rings. The highest BCUT2D eigenvalue weighted by molar-refractivity contribution is 7.98. The molecule has 0 aliphatic heterocycles. The van der Waals surface area contributed by atoms with Crippen LogP contribution in [0.1, 0.15) is 5.56 Å². The van der Waals surface area contributed by atoms with Gasteiger partial charge in [-0.3, -0.25) is 4.79 Å². The molecule has 4 nitrogen and oxygen atoms in total. The van der Waals surface area contributed by atoms with Crippen molar-refractivity contribution in [3.05, 3.63) is 66.8 Å². The van der Waals surface area contributed by atoms with Crippen molar-refractivity contribution >= 4 is 29.4 Å². The van der Waals surface area contributed by atoms with Crippen molar-refractivity contribution in [2.75, 3.05) is 25.3 Å². The van der Waals surface area contributed by atoms with Gasteiger partial charge in [0.2, 0.25) is 5.91 Å². The van der Waals surface area contributed by atoms with Gasteiger partial charge >= 0.3 is 0 Å². The fourth-order valence-corrected chi connectivity index (χ4v) is 2.57. The Balaban J connectivity index is 2.04. The van der Waals surface area contributed by atoms with Gasteiger partial charge in [0, 0.05) is 16.7 Å². The number of anilines is 1. The number of methoxy groups -OCH3 is 1.